The molecule has 0 radical (unpaired) electrons. The molecule has 0 aliphatic heterocycles. The van der Waals surface area contributed by atoms with Crippen molar-refractivity contribution >= 4 is 40.4 Å². The lowest BCUT2D eigenvalue weighted by atomic mass is 10.1. The second-order valence-electron chi connectivity index (χ2n) is 5.82. The van der Waals surface area contributed by atoms with Gasteiger partial charge in [-0.25, -0.2) is 4.98 Å². The van der Waals surface area contributed by atoms with Gasteiger partial charge in [-0.15, -0.1) is 0 Å². The van der Waals surface area contributed by atoms with E-state index in [1.54, 1.807) is 13.0 Å². The minimum Gasteiger partial charge on any atom is -0.342 e. The molecule has 4 nitrogen and oxygen atoms in total. The molecule has 0 aliphatic carbocycles. The average molecular weight is 398 g/mol. The molecule has 0 atom stereocenters. The molecule has 0 saturated heterocycles. The van der Waals surface area contributed by atoms with E-state index >= 15 is 0 Å². The number of halogens is 2. The zero-order chi connectivity index (χ0) is 19.2. The van der Waals surface area contributed by atoms with E-state index < -0.39 is 0 Å². The molecular weight excluding hydrogens is 381 g/mol. The number of nitrogens with one attached hydrogen (secondary N) is 2. The SMILES string of the molecule is Cc1cc(Cl)c(C(=O)C=C(Nc2ccccc2)Nc2ccccc2)c(Cl)n1. The van der Waals surface area contributed by atoms with Crippen molar-refractivity contribution < 1.29 is 4.79 Å². The van der Waals surface area contributed by atoms with Crippen LogP contribution in [0.25, 0.3) is 0 Å². The van der Waals surface area contributed by atoms with E-state index in [0.29, 0.717) is 11.5 Å². The number of para-hydroxylation sites is 2. The lowest BCUT2D eigenvalue weighted by Gasteiger charge is -2.14. The first-order valence-electron chi connectivity index (χ1n) is 8.26. The Labute approximate surface area is 167 Å². The molecular formula is C21H17Cl2N3O. The summed E-state index contributed by atoms with van der Waals surface area (Å²) in [6.07, 6.45) is 1.42. The predicted octanol–water partition coefficient (Wildman–Crippen LogP) is 5.95. The quantitative estimate of drug-likeness (QED) is 0.306. The Kier molecular flexibility index (Phi) is 6.12. The van der Waals surface area contributed by atoms with E-state index in [-0.39, 0.29) is 21.5 Å². The number of carbonyl (C=O) groups excluding carboxylic acids is 1. The van der Waals surface area contributed by atoms with Gasteiger partial charge in [0, 0.05) is 23.1 Å². The summed E-state index contributed by atoms with van der Waals surface area (Å²) in [5.74, 6) is 0.143. The maximum Gasteiger partial charge on any atom is 0.194 e. The van der Waals surface area contributed by atoms with Crippen molar-refractivity contribution in [1.29, 1.82) is 0 Å². The fraction of sp³-hybridized carbons (Fsp3) is 0.0476. The van der Waals surface area contributed by atoms with Crippen LogP contribution < -0.4 is 10.6 Å². The summed E-state index contributed by atoms with van der Waals surface area (Å²) >= 11 is 12.4. The molecule has 0 aliphatic rings. The van der Waals surface area contributed by atoms with E-state index in [1.165, 1.54) is 6.08 Å². The van der Waals surface area contributed by atoms with E-state index in [2.05, 4.69) is 15.6 Å². The molecule has 3 rings (SSSR count). The number of anilines is 2. The number of benzene rings is 2. The van der Waals surface area contributed by atoms with Crippen LogP contribution in [-0.4, -0.2) is 10.8 Å². The Morgan fingerprint density at radius 2 is 1.44 bits per heavy atom. The zero-order valence-electron chi connectivity index (χ0n) is 14.5. The van der Waals surface area contributed by atoms with Crippen LogP contribution in [0.15, 0.2) is 78.6 Å². The fourth-order valence-corrected chi connectivity index (χ4v) is 3.19. The van der Waals surface area contributed by atoms with Crippen LogP contribution in [0.1, 0.15) is 16.1 Å². The maximum absolute atomic E-state index is 12.8. The first-order chi connectivity index (χ1) is 13.0. The molecule has 0 bridgehead atoms. The van der Waals surface area contributed by atoms with Crippen molar-refractivity contribution in [3.8, 4) is 0 Å². The van der Waals surface area contributed by atoms with Crippen LogP contribution in [0.5, 0.6) is 0 Å². The van der Waals surface area contributed by atoms with Crippen LogP contribution >= 0.6 is 23.2 Å². The number of hydrogen-bond donors (Lipinski definition) is 2. The Balaban J connectivity index is 1.95. The first-order valence-corrected chi connectivity index (χ1v) is 9.01. The van der Waals surface area contributed by atoms with Crippen LogP contribution in [0.2, 0.25) is 10.2 Å². The highest BCUT2D eigenvalue weighted by molar-refractivity contribution is 6.40. The second kappa shape index (κ2) is 8.71. The molecule has 1 heterocycles. The van der Waals surface area contributed by atoms with Gasteiger partial charge in [0.15, 0.2) is 5.78 Å². The predicted molar refractivity (Wildman–Crippen MR) is 112 cm³/mol. The summed E-state index contributed by atoms with van der Waals surface area (Å²) in [6, 6.07) is 20.7. The third-order valence-electron chi connectivity index (χ3n) is 3.68. The van der Waals surface area contributed by atoms with Crippen LogP contribution in [0, 0.1) is 6.92 Å². The van der Waals surface area contributed by atoms with Crippen LogP contribution in [0.3, 0.4) is 0 Å². The zero-order valence-corrected chi connectivity index (χ0v) is 16.1. The van der Waals surface area contributed by atoms with Crippen molar-refractivity contribution in [3.05, 3.63) is 100 Å². The Morgan fingerprint density at radius 3 is 1.93 bits per heavy atom. The highest BCUT2D eigenvalue weighted by Gasteiger charge is 2.16. The molecule has 0 saturated carbocycles. The maximum atomic E-state index is 12.8. The smallest absolute Gasteiger partial charge is 0.194 e. The molecule has 6 heteroatoms. The number of rotatable bonds is 6. The Hall–Kier alpha value is -2.82. The van der Waals surface area contributed by atoms with Gasteiger partial charge in [0.2, 0.25) is 0 Å². The van der Waals surface area contributed by atoms with Gasteiger partial charge in [-0.2, -0.15) is 0 Å². The van der Waals surface area contributed by atoms with Gasteiger partial charge in [0.05, 0.1) is 10.6 Å². The minimum atomic E-state index is -0.348. The fourth-order valence-electron chi connectivity index (χ4n) is 2.48. The van der Waals surface area contributed by atoms with Crippen molar-refractivity contribution in [1.82, 2.24) is 4.98 Å². The van der Waals surface area contributed by atoms with E-state index in [0.717, 1.165) is 11.4 Å². The number of aromatic nitrogens is 1. The summed E-state index contributed by atoms with van der Waals surface area (Å²) in [6.45, 7) is 1.77. The van der Waals surface area contributed by atoms with Gasteiger partial charge in [-0.3, -0.25) is 4.79 Å². The summed E-state index contributed by atoms with van der Waals surface area (Å²) < 4.78 is 0. The number of pyridine rings is 1. The molecule has 3 aromatic rings. The monoisotopic (exact) mass is 397 g/mol. The van der Waals surface area contributed by atoms with E-state index in [4.69, 9.17) is 23.2 Å². The Bertz CT molecular complexity index is 907. The van der Waals surface area contributed by atoms with Crippen molar-refractivity contribution in [2.45, 2.75) is 6.92 Å². The third kappa shape index (κ3) is 5.09. The van der Waals surface area contributed by atoms with Crippen molar-refractivity contribution in [2.24, 2.45) is 0 Å². The summed E-state index contributed by atoms with van der Waals surface area (Å²) in [5, 5.41) is 6.76. The lowest BCUT2D eigenvalue weighted by molar-refractivity contribution is 0.104. The molecule has 0 unspecified atom stereocenters. The molecule has 1 aromatic heterocycles. The molecule has 0 spiro atoms. The van der Waals surface area contributed by atoms with Gasteiger partial charge in [0.1, 0.15) is 11.0 Å². The van der Waals surface area contributed by atoms with E-state index in [1.807, 2.05) is 60.7 Å². The largest absolute Gasteiger partial charge is 0.342 e. The summed E-state index contributed by atoms with van der Waals surface area (Å²) in [5.41, 5.74) is 2.49. The molecule has 0 fully saturated rings. The van der Waals surface area contributed by atoms with Gasteiger partial charge in [-0.1, -0.05) is 59.6 Å². The molecule has 136 valence electrons. The third-order valence-corrected chi connectivity index (χ3v) is 4.25. The lowest BCUT2D eigenvalue weighted by Crippen LogP contribution is -2.13. The molecule has 2 aromatic carbocycles. The molecule has 27 heavy (non-hydrogen) atoms. The highest BCUT2D eigenvalue weighted by atomic mass is 35.5. The van der Waals surface area contributed by atoms with Gasteiger partial charge < -0.3 is 10.6 Å². The average Bonchev–Trinajstić information content (AvgIpc) is 2.62. The van der Waals surface area contributed by atoms with Gasteiger partial charge in [-0.05, 0) is 37.3 Å². The van der Waals surface area contributed by atoms with Crippen LogP contribution in [-0.2, 0) is 0 Å². The first kappa shape index (κ1) is 19.0. The number of ketones is 1. The normalized spacial score (nSPS) is 10.2. The Morgan fingerprint density at radius 1 is 0.926 bits per heavy atom. The highest BCUT2D eigenvalue weighted by Crippen LogP contribution is 2.25. The van der Waals surface area contributed by atoms with E-state index in [9.17, 15) is 4.79 Å². The number of aryl methyl sites for hydroxylation is 1. The number of nitrogens with zero attached hydrogens (tertiary/aromatic N) is 1. The summed E-state index contributed by atoms with van der Waals surface area (Å²) in [4.78, 5) is 16.9. The number of carbonyl (C=O) groups is 1. The summed E-state index contributed by atoms with van der Waals surface area (Å²) in [7, 11) is 0. The molecule has 0 amide bonds. The van der Waals surface area contributed by atoms with Gasteiger partial charge in [0.25, 0.3) is 0 Å². The van der Waals surface area contributed by atoms with Crippen molar-refractivity contribution in [2.75, 3.05) is 10.6 Å². The molecule has 2 N–H and O–H groups in total. The van der Waals surface area contributed by atoms with Gasteiger partial charge >= 0.3 is 0 Å². The standard InChI is InChI=1S/C21H17Cl2N3O/c1-14-12-17(22)20(21(23)24-14)18(27)13-19(25-15-8-4-2-5-9-15)26-16-10-6-3-7-11-16/h2-13,25-26H,1H3. The number of allylic oxidation sites excluding steroid dienone is 1. The second-order valence-corrected chi connectivity index (χ2v) is 6.58. The number of hydrogen-bond acceptors (Lipinski definition) is 4. The minimum absolute atomic E-state index is 0.0834. The topological polar surface area (TPSA) is 54.0 Å². The van der Waals surface area contributed by atoms with Crippen LogP contribution in [0.4, 0.5) is 11.4 Å². The van der Waals surface area contributed by atoms with Crippen molar-refractivity contribution in [3.63, 3.8) is 0 Å².